The van der Waals surface area contributed by atoms with Crippen molar-refractivity contribution < 1.29 is 9.53 Å². The molecule has 0 unspecified atom stereocenters. The predicted octanol–water partition coefficient (Wildman–Crippen LogP) is 3.83. The Balaban J connectivity index is 2.06. The number of ether oxygens (including phenoxy) is 1. The first kappa shape index (κ1) is 14.5. The molecule has 0 aliphatic carbocycles. The van der Waals surface area contributed by atoms with E-state index in [4.69, 9.17) is 4.74 Å². The summed E-state index contributed by atoms with van der Waals surface area (Å²) in [6.07, 6.45) is 3.10. The molecule has 2 heterocycles. The van der Waals surface area contributed by atoms with Gasteiger partial charge in [0.15, 0.2) is 0 Å². The molecule has 0 aromatic carbocycles. The van der Waals surface area contributed by atoms with E-state index in [0.29, 0.717) is 6.54 Å². The van der Waals surface area contributed by atoms with Gasteiger partial charge in [0.05, 0.1) is 0 Å². The zero-order valence-electron chi connectivity index (χ0n) is 11.8. The Morgan fingerprint density at radius 2 is 2.20 bits per heavy atom. The SMILES string of the molecule is CC(C)(C)OC(=O)NCc1cnccc1-c1ccsc1. The number of nitrogens with one attached hydrogen (secondary N) is 1. The van der Waals surface area contributed by atoms with Gasteiger partial charge in [-0.25, -0.2) is 4.79 Å². The normalized spacial score (nSPS) is 11.2. The summed E-state index contributed by atoms with van der Waals surface area (Å²) in [5.74, 6) is 0. The van der Waals surface area contributed by atoms with Crippen molar-refractivity contribution in [3.8, 4) is 11.1 Å². The van der Waals surface area contributed by atoms with Gasteiger partial charge in [-0.2, -0.15) is 11.3 Å². The number of hydrogen-bond donors (Lipinski definition) is 1. The van der Waals surface area contributed by atoms with Crippen molar-refractivity contribution >= 4 is 17.4 Å². The summed E-state index contributed by atoms with van der Waals surface area (Å²) >= 11 is 1.64. The fraction of sp³-hybridized carbons (Fsp3) is 0.333. The fourth-order valence-electron chi connectivity index (χ4n) is 1.75. The van der Waals surface area contributed by atoms with E-state index in [1.807, 2.05) is 32.2 Å². The maximum Gasteiger partial charge on any atom is 0.407 e. The van der Waals surface area contributed by atoms with Crippen molar-refractivity contribution in [3.63, 3.8) is 0 Å². The van der Waals surface area contributed by atoms with Gasteiger partial charge in [-0.1, -0.05) is 0 Å². The second-order valence-corrected chi connectivity index (χ2v) is 6.18. The highest BCUT2D eigenvalue weighted by atomic mass is 32.1. The standard InChI is InChI=1S/C15H18N2O2S/c1-15(2,3)19-14(18)17-9-12-8-16-6-4-13(12)11-5-7-20-10-11/h4-8,10H,9H2,1-3H3,(H,17,18). The monoisotopic (exact) mass is 290 g/mol. The molecular weight excluding hydrogens is 272 g/mol. The molecule has 2 aromatic rings. The minimum Gasteiger partial charge on any atom is -0.444 e. The van der Waals surface area contributed by atoms with E-state index < -0.39 is 11.7 Å². The summed E-state index contributed by atoms with van der Waals surface area (Å²) < 4.78 is 5.22. The average molecular weight is 290 g/mol. The second kappa shape index (κ2) is 6.05. The van der Waals surface area contributed by atoms with E-state index in [2.05, 4.69) is 21.7 Å². The fourth-order valence-corrected chi connectivity index (χ4v) is 2.40. The Bertz CT molecular complexity index is 574. The highest BCUT2D eigenvalue weighted by Gasteiger charge is 2.16. The lowest BCUT2D eigenvalue weighted by Crippen LogP contribution is -2.32. The number of nitrogens with zero attached hydrogens (tertiary/aromatic N) is 1. The number of carbonyl (C=O) groups is 1. The van der Waals surface area contributed by atoms with Crippen LogP contribution in [-0.4, -0.2) is 16.7 Å². The smallest absolute Gasteiger partial charge is 0.407 e. The molecule has 0 aliphatic rings. The third kappa shape index (κ3) is 4.06. The quantitative estimate of drug-likeness (QED) is 0.934. The summed E-state index contributed by atoms with van der Waals surface area (Å²) in [7, 11) is 0. The van der Waals surface area contributed by atoms with Crippen LogP contribution in [-0.2, 0) is 11.3 Å². The number of hydrogen-bond acceptors (Lipinski definition) is 4. The van der Waals surface area contributed by atoms with Crippen LogP contribution in [0.5, 0.6) is 0 Å². The van der Waals surface area contributed by atoms with Crippen molar-refractivity contribution in [2.75, 3.05) is 0 Å². The van der Waals surface area contributed by atoms with Gasteiger partial charge < -0.3 is 10.1 Å². The largest absolute Gasteiger partial charge is 0.444 e. The van der Waals surface area contributed by atoms with Gasteiger partial charge in [-0.15, -0.1) is 0 Å². The van der Waals surface area contributed by atoms with Gasteiger partial charge in [-0.3, -0.25) is 4.98 Å². The lowest BCUT2D eigenvalue weighted by Gasteiger charge is -2.20. The zero-order chi connectivity index (χ0) is 14.6. The van der Waals surface area contributed by atoms with E-state index in [9.17, 15) is 4.79 Å². The first-order chi connectivity index (χ1) is 9.46. The number of aromatic nitrogens is 1. The molecular formula is C15H18N2O2S. The highest BCUT2D eigenvalue weighted by Crippen LogP contribution is 2.25. The molecule has 2 rings (SSSR count). The molecule has 20 heavy (non-hydrogen) atoms. The summed E-state index contributed by atoms with van der Waals surface area (Å²) in [5, 5.41) is 6.86. The number of thiophene rings is 1. The molecule has 106 valence electrons. The Hall–Kier alpha value is -1.88. The van der Waals surface area contributed by atoms with E-state index >= 15 is 0 Å². The lowest BCUT2D eigenvalue weighted by atomic mass is 10.1. The van der Waals surface area contributed by atoms with Gasteiger partial charge in [-0.05, 0) is 60.4 Å². The average Bonchev–Trinajstić information content (AvgIpc) is 2.88. The number of alkyl carbamates (subject to hydrolysis) is 1. The lowest BCUT2D eigenvalue weighted by molar-refractivity contribution is 0.0523. The first-order valence-corrected chi connectivity index (χ1v) is 7.32. The minimum atomic E-state index is -0.491. The summed E-state index contributed by atoms with van der Waals surface area (Å²) in [6.45, 7) is 5.92. The first-order valence-electron chi connectivity index (χ1n) is 6.38. The third-order valence-corrected chi connectivity index (χ3v) is 3.24. The molecule has 0 bridgehead atoms. The molecule has 0 aliphatic heterocycles. The summed E-state index contributed by atoms with van der Waals surface area (Å²) in [5.41, 5.74) is 2.70. The van der Waals surface area contributed by atoms with Crippen LogP contribution in [0.3, 0.4) is 0 Å². The zero-order valence-corrected chi connectivity index (χ0v) is 12.7. The molecule has 5 heteroatoms. The topological polar surface area (TPSA) is 51.2 Å². The Morgan fingerprint density at radius 1 is 1.40 bits per heavy atom. The number of amides is 1. The van der Waals surface area contributed by atoms with E-state index in [1.54, 1.807) is 23.7 Å². The van der Waals surface area contributed by atoms with Crippen molar-refractivity contribution in [1.82, 2.24) is 10.3 Å². The molecule has 0 fully saturated rings. The number of carbonyl (C=O) groups excluding carboxylic acids is 1. The molecule has 4 nitrogen and oxygen atoms in total. The van der Waals surface area contributed by atoms with Crippen LogP contribution in [0.2, 0.25) is 0 Å². The Morgan fingerprint density at radius 3 is 2.85 bits per heavy atom. The van der Waals surface area contributed by atoms with Crippen molar-refractivity contribution in [2.45, 2.75) is 32.9 Å². The van der Waals surface area contributed by atoms with Crippen LogP contribution in [0.15, 0.2) is 35.3 Å². The van der Waals surface area contributed by atoms with E-state index in [-0.39, 0.29) is 0 Å². The molecule has 0 saturated carbocycles. The molecule has 1 N–H and O–H groups in total. The maximum atomic E-state index is 11.7. The van der Waals surface area contributed by atoms with Gasteiger partial charge in [0.1, 0.15) is 5.60 Å². The van der Waals surface area contributed by atoms with Crippen LogP contribution in [0.25, 0.3) is 11.1 Å². The van der Waals surface area contributed by atoms with Crippen LogP contribution in [0.1, 0.15) is 26.3 Å². The molecule has 0 atom stereocenters. The van der Waals surface area contributed by atoms with E-state index in [1.165, 1.54) is 0 Å². The van der Waals surface area contributed by atoms with Crippen molar-refractivity contribution in [3.05, 3.63) is 40.8 Å². The van der Waals surface area contributed by atoms with Crippen LogP contribution >= 0.6 is 11.3 Å². The third-order valence-electron chi connectivity index (χ3n) is 2.56. The molecule has 1 amide bonds. The second-order valence-electron chi connectivity index (χ2n) is 5.40. The number of rotatable bonds is 3. The maximum absolute atomic E-state index is 11.7. The van der Waals surface area contributed by atoms with E-state index in [0.717, 1.165) is 16.7 Å². The van der Waals surface area contributed by atoms with Gasteiger partial charge in [0, 0.05) is 18.9 Å². The molecule has 2 aromatic heterocycles. The van der Waals surface area contributed by atoms with Crippen LogP contribution in [0, 0.1) is 0 Å². The Kier molecular flexibility index (Phi) is 4.39. The van der Waals surface area contributed by atoms with Crippen molar-refractivity contribution in [1.29, 1.82) is 0 Å². The molecule has 0 saturated heterocycles. The van der Waals surface area contributed by atoms with Gasteiger partial charge in [0.2, 0.25) is 0 Å². The minimum absolute atomic E-state index is 0.397. The van der Waals surface area contributed by atoms with Gasteiger partial charge in [0.25, 0.3) is 0 Å². The number of pyridine rings is 1. The predicted molar refractivity (Wildman–Crippen MR) is 80.6 cm³/mol. The molecule has 0 spiro atoms. The highest BCUT2D eigenvalue weighted by molar-refractivity contribution is 7.08. The van der Waals surface area contributed by atoms with Crippen molar-refractivity contribution in [2.24, 2.45) is 0 Å². The van der Waals surface area contributed by atoms with Crippen LogP contribution < -0.4 is 5.32 Å². The molecule has 0 radical (unpaired) electrons. The van der Waals surface area contributed by atoms with Crippen LogP contribution in [0.4, 0.5) is 4.79 Å². The summed E-state index contributed by atoms with van der Waals surface area (Å²) in [6, 6.07) is 4.01. The summed E-state index contributed by atoms with van der Waals surface area (Å²) in [4.78, 5) is 15.8. The Labute approximate surface area is 122 Å². The van der Waals surface area contributed by atoms with Gasteiger partial charge >= 0.3 is 6.09 Å².